The molecular formula is C29H34O3. The van der Waals surface area contributed by atoms with Gasteiger partial charge in [-0.05, 0) is 67.2 Å². The topological polar surface area (TPSA) is 31.6 Å². The van der Waals surface area contributed by atoms with Crippen molar-refractivity contribution in [2.75, 3.05) is 6.61 Å². The molecule has 0 amide bonds. The second kappa shape index (κ2) is 11.2. The molecule has 3 aromatic rings. The maximum atomic E-state index is 6.53. The number of unbranched alkanes of at least 4 members (excludes halogenated alkanes) is 4. The molecule has 168 valence electrons. The van der Waals surface area contributed by atoms with Gasteiger partial charge in [0.15, 0.2) is 0 Å². The molecule has 0 unspecified atom stereocenters. The molecule has 0 saturated heterocycles. The average molecular weight is 431 g/mol. The van der Waals surface area contributed by atoms with E-state index in [9.17, 15) is 0 Å². The molecule has 3 heteroatoms. The lowest BCUT2D eigenvalue weighted by Gasteiger charge is -2.14. The summed E-state index contributed by atoms with van der Waals surface area (Å²) in [6, 6.07) is 18.8. The highest BCUT2D eigenvalue weighted by atomic mass is 16.5. The highest BCUT2D eigenvalue weighted by Gasteiger charge is 2.18. The minimum Gasteiger partial charge on any atom is -0.464 e. The fraction of sp³-hybridized carbons (Fsp3) is 0.379. The number of fused-ring (bicyclic) bond motifs is 1. The van der Waals surface area contributed by atoms with Crippen molar-refractivity contribution in [3.05, 3.63) is 83.1 Å². The van der Waals surface area contributed by atoms with Crippen LogP contribution in [0, 0.1) is 0 Å². The smallest absolute Gasteiger partial charge is 0.133 e. The third-order valence-electron chi connectivity index (χ3n) is 6.09. The van der Waals surface area contributed by atoms with E-state index in [-0.39, 0.29) is 0 Å². The van der Waals surface area contributed by atoms with Crippen LogP contribution in [-0.4, -0.2) is 6.61 Å². The highest BCUT2D eigenvalue weighted by molar-refractivity contribution is 5.69. The number of rotatable bonds is 10. The Morgan fingerprint density at radius 1 is 0.875 bits per heavy atom. The SMILES string of the molecule is CCCCCCCOCc1cccc(C2=C(C)CCc3ccc(-c4ccco4)cc3O2)c1. The predicted octanol–water partition coefficient (Wildman–Crippen LogP) is 8.19. The first kappa shape index (κ1) is 22.4. The van der Waals surface area contributed by atoms with E-state index in [1.54, 1.807) is 6.26 Å². The van der Waals surface area contributed by atoms with Crippen LogP contribution in [0.15, 0.2) is 70.9 Å². The molecule has 0 N–H and O–H groups in total. The zero-order valence-electron chi connectivity index (χ0n) is 19.4. The van der Waals surface area contributed by atoms with Crippen molar-refractivity contribution in [2.45, 2.75) is 65.4 Å². The summed E-state index contributed by atoms with van der Waals surface area (Å²) in [5, 5.41) is 0. The molecule has 0 atom stereocenters. The van der Waals surface area contributed by atoms with E-state index in [2.05, 4.69) is 56.3 Å². The van der Waals surface area contributed by atoms with Gasteiger partial charge < -0.3 is 13.9 Å². The Labute approximate surface area is 192 Å². The Morgan fingerprint density at radius 2 is 1.78 bits per heavy atom. The quantitative estimate of drug-likeness (QED) is 0.304. The van der Waals surface area contributed by atoms with Gasteiger partial charge in [-0.1, -0.05) is 62.9 Å². The van der Waals surface area contributed by atoms with Gasteiger partial charge in [-0.3, -0.25) is 0 Å². The Bertz CT molecular complexity index is 1030. The zero-order chi connectivity index (χ0) is 22.2. The minimum atomic E-state index is 0.646. The molecule has 0 aliphatic carbocycles. The van der Waals surface area contributed by atoms with E-state index in [4.69, 9.17) is 13.9 Å². The second-order valence-corrected chi connectivity index (χ2v) is 8.68. The van der Waals surface area contributed by atoms with Crippen LogP contribution in [0.1, 0.15) is 69.1 Å². The fourth-order valence-corrected chi connectivity index (χ4v) is 4.19. The largest absolute Gasteiger partial charge is 0.464 e. The molecule has 0 spiro atoms. The number of allylic oxidation sites excluding steroid dienone is 1. The number of ether oxygens (including phenoxy) is 2. The zero-order valence-corrected chi connectivity index (χ0v) is 19.4. The molecule has 0 radical (unpaired) electrons. The van der Waals surface area contributed by atoms with E-state index in [0.29, 0.717) is 6.61 Å². The van der Waals surface area contributed by atoms with E-state index in [0.717, 1.165) is 54.3 Å². The van der Waals surface area contributed by atoms with Gasteiger partial charge in [0.25, 0.3) is 0 Å². The van der Waals surface area contributed by atoms with Crippen LogP contribution in [0.5, 0.6) is 5.75 Å². The summed E-state index contributed by atoms with van der Waals surface area (Å²) in [6.45, 7) is 5.89. The first-order valence-corrected chi connectivity index (χ1v) is 12.0. The highest BCUT2D eigenvalue weighted by Crippen LogP contribution is 2.36. The Hall–Kier alpha value is -2.78. The Kier molecular flexibility index (Phi) is 7.84. The van der Waals surface area contributed by atoms with Crippen molar-refractivity contribution in [1.29, 1.82) is 0 Å². The summed E-state index contributed by atoms with van der Waals surface area (Å²) in [7, 11) is 0. The van der Waals surface area contributed by atoms with Crippen LogP contribution in [0.3, 0.4) is 0 Å². The summed E-state index contributed by atoms with van der Waals surface area (Å²) < 4.78 is 18.0. The molecule has 1 aromatic heterocycles. The molecule has 0 saturated carbocycles. The molecule has 1 aliphatic rings. The maximum Gasteiger partial charge on any atom is 0.133 e. The van der Waals surface area contributed by atoms with Gasteiger partial charge in [-0.15, -0.1) is 0 Å². The fourth-order valence-electron chi connectivity index (χ4n) is 4.19. The summed E-state index contributed by atoms with van der Waals surface area (Å²) >= 11 is 0. The minimum absolute atomic E-state index is 0.646. The molecule has 1 aliphatic heterocycles. The maximum absolute atomic E-state index is 6.53. The summed E-state index contributed by atoms with van der Waals surface area (Å²) in [4.78, 5) is 0. The molecule has 0 bridgehead atoms. The summed E-state index contributed by atoms with van der Waals surface area (Å²) in [6.07, 6.45) is 9.97. The lowest BCUT2D eigenvalue weighted by molar-refractivity contribution is 0.116. The van der Waals surface area contributed by atoms with Crippen LogP contribution in [-0.2, 0) is 17.8 Å². The number of hydrogen-bond donors (Lipinski definition) is 0. The van der Waals surface area contributed by atoms with E-state index in [1.165, 1.54) is 42.4 Å². The van der Waals surface area contributed by atoms with Crippen molar-refractivity contribution in [1.82, 2.24) is 0 Å². The molecular weight excluding hydrogens is 396 g/mol. The lowest BCUT2D eigenvalue weighted by Crippen LogP contribution is -2.00. The van der Waals surface area contributed by atoms with E-state index in [1.807, 2.05) is 12.1 Å². The monoisotopic (exact) mass is 430 g/mol. The standard InChI is InChI=1S/C29H34O3/c1-3-4-5-6-7-17-30-21-23-10-8-11-26(19-23)29-22(2)13-14-24-15-16-25(20-28(24)32-29)27-12-9-18-31-27/h8-12,15-16,18-20H,3-7,13-14,17,21H2,1-2H3. The van der Waals surface area contributed by atoms with E-state index < -0.39 is 0 Å². The summed E-state index contributed by atoms with van der Waals surface area (Å²) in [5.74, 6) is 2.73. The average Bonchev–Trinajstić information content (AvgIpc) is 3.30. The molecule has 32 heavy (non-hydrogen) atoms. The normalized spacial score (nSPS) is 13.6. The van der Waals surface area contributed by atoms with Crippen molar-refractivity contribution in [3.63, 3.8) is 0 Å². The molecule has 3 nitrogen and oxygen atoms in total. The number of benzene rings is 2. The van der Waals surface area contributed by atoms with Gasteiger partial charge in [-0.2, -0.15) is 0 Å². The lowest BCUT2D eigenvalue weighted by atomic mass is 10.0. The summed E-state index contributed by atoms with van der Waals surface area (Å²) in [5.41, 5.74) is 5.84. The molecule has 2 heterocycles. The Morgan fingerprint density at radius 3 is 2.62 bits per heavy atom. The third-order valence-corrected chi connectivity index (χ3v) is 6.09. The van der Waals surface area contributed by atoms with Crippen LogP contribution >= 0.6 is 0 Å². The first-order valence-electron chi connectivity index (χ1n) is 12.0. The van der Waals surface area contributed by atoms with Crippen molar-refractivity contribution in [3.8, 4) is 17.1 Å². The van der Waals surface area contributed by atoms with Gasteiger partial charge in [-0.25, -0.2) is 0 Å². The second-order valence-electron chi connectivity index (χ2n) is 8.68. The van der Waals surface area contributed by atoms with Crippen molar-refractivity contribution in [2.24, 2.45) is 0 Å². The van der Waals surface area contributed by atoms with Crippen LogP contribution in [0.25, 0.3) is 17.1 Å². The van der Waals surface area contributed by atoms with Crippen LogP contribution in [0.4, 0.5) is 0 Å². The van der Waals surface area contributed by atoms with Crippen LogP contribution < -0.4 is 4.74 Å². The molecule has 2 aromatic carbocycles. The first-order chi connectivity index (χ1) is 15.7. The predicted molar refractivity (Wildman–Crippen MR) is 131 cm³/mol. The van der Waals surface area contributed by atoms with Gasteiger partial charge in [0.05, 0.1) is 12.9 Å². The van der Waals surface area contributed by atoms with Crippen molar-refractivity contribution < 1.29 is 13.9 Å². The van der Waals surface area contributed by atoms with Gasteiger partial charge >= 0.3 is 0 Å². The van der Waals surface area contributed by atoms with Gasteiger partial charge in [0, 0.05) is 17.7 Å². The van der Waals surface area contributed by atoms with Crippen LogP contribution in [0.2, 0.25) is 0 Å². The third kappa shape index (κ3) is 5.72. The Balaban J connectivity index is 1.45. The van der Waals surface area contributed by atoms with Gasteiger partial charge in [0.2, 0.25) is 0 Å². The van der Waals surface area contributed by atoms with Gasteiger partial charge in [0.1, 0.15) is 17.3 Å². The van der Waals surface area contributed by atoms with E-state index >= 15 is 0 Å². The number of aryl methyl sites for hydroxylation is 1. The number of hydrogen-bond acceptors (Lipinski definition) is 3. The van der Waals surface area contributed by atoms with Crippen molar-refractivity contribution >= 4 is 5.76 Å². The molecule has 0 fully saturated rings. The molecule has 4 rings (SSSR count). The number of furan rings is 1.